The highest BCUT2D eigenvalue weighted by Gasteiger charge is 2.17. The number of amides is 2. The first-order valence-corrected chi connectivity index (χ1v) is 11.6. The fourth-order valence-corrected chi connectivity index (χ4v) is 3.49. The van der Waals surface area contributed by atoms with Crippen LogP contribution in [-0.2, 0) is 16.1 Å². The Morgan fingerprint density at radius 3 is 2.54 bits per heavy atom. The number of nitrogens with one attached hydrogen (secondary N) is 3. The monoisotopic (exact) mass is 510 g/mol. The lowest BCUT2D eigenvalue weighted by atomic mass is 10.1. The lowest BCUT2D eigenvalue weighted by Crippen LogP contribution is -2.34. The maximum Gasteiger partial charge on any atom is 0.257 e. The Morgan fingerprint density at radius 2 is 1.86 bits per heavy atom. The van der Waals surface area contributed by atoms with Gasteiger partial charge in [-0.2, -0.15) is 4.98 Å². The topological polar surface area (TPSA) is 118 Å². The fraction of sp³-hybridized carbons (Fsp3) is 0.308. The maximum atomic E-state index is 14.6. The van der Waals surface area contributed by atoms with E-state index in [2.05, 4.69) is 25.9 Å². The summed E-state index contributed by atoms with van der Waals surface area (Å²) >= 11 is 0. The molecular weight excluding hydrogens is 479 g/mol. The van der Waals surface area contributed by atoms with E-state index < -0.39 is 5.82 Å². The molecule has 0 bridgehead atoms. The van der Waals surface area contributed by atoms with Gasteiger partial charge in [0.1, 0.15) is 11.5 Å². The summed E-state index contributed by atoms with van der Waals surface area (Å²) in [6.07, 6.45) is 1.06. The average Bonchev–Trinajstić information content (AvgIpc) is 2.87. The maximum absolute atomic E-state index is 14.6. The molecule has 0 saturated carbocycles. The number of likely N-dealkylation sites (N-methyl/N-ethyl adjacent to an activating group) is 1. The van der Waals surface area contributed by atoms with Gasteiger partial charge in [0, 0.05) is 49.6 Å². The van der Waals surface area contributed by atoms with Gasteiger partial charge in [0.2, 0.25) is 11.9 Å². The summed E-state index contributed by atoms with van der Waals surface area (Å²) in [5, 5.41) is 8.47. The van der Waals surface area contributed by atoms with Gasteiger partial charge in [-0.25, -0.2) is 9.37 Å². The molecule has 2 aromatic carbocycles. The summed E-state index contributed by atoms with van der Waals surface area (Å²) in [5.41, 5.74) is 1.92. The van der Waals surface area contributed by atoms with Crippen LogP contribution in [0.5, 0.6) is 11.5 Å². The molecule has 11 heteroatoms. The third kappa shape index (κ3) is 7.53. The van der Waals surface area contributed by atoms with Crippen LogP contribution >= 0.6 is 0 Å². The van der Waals surface area contributed by atoms with Gasteiger partial charge in [-0.15, -0.1) is 0 Å². The Morgan fingerprint density at radius 1 is 1.11 bits per heavy atom. The molecule has 3 N–H and O–H groups in total. The van der Waals surface area contributed by atoms with E-state index in [1.165, 1.54) is 14.0 Å². The molecule has 3 aromatic rings. The van der Waals surface area contributed by atoms with Gasteiger partial charge >= 0.3 is 0 Å². The van der Waals surface area contributed by atoms with Gasteiger partial charge in [-0.1, -0.05) is 6.07 Å². The zero-order valence-electron chi connectivity index (χ0n) is 21.5. The first-order valence-electron chi connectivity index (χ1n) is 11.6. The largest absolute Gasteiger partial charge is 0.496 e. The third-order valence-electron chi connectivity index (χ3n) is 5.39. The zero-order valence-corrected chi connectivity index (χ0v) is 21.5. The van der Waals surface area contributed by atoms with Crippen molar-refractivity contribution in [2.75, 3.05) is 31.4 Å². The molecule has 3 rings (SSSR count). The second-order valence-electron chi connectivity index (χ2n) is 8.40. The lowest BCUT2D eigenvalue weighted by molar-refractivity contribution is -0.131. The number of anilines is 4. The first kappa shape index (κ1) is 27.2. The second kappa shape index (κ2) is 12.5. The SMILES string of the molecule is CNC(=O)COc1cccc(Nc2ncc(F)c(Nc3ccc(OC)c(CN(C(C)=O)C(C)C)c3)n2)c1. The molecule has 0 saturated heterocycles. The summed E-state index contributed by atoms with van der Waals surface area (Å²) in [7, 11) is 3.08. The summed E-state index contributed by atoms with van der Waals surface area (Å²) in [5.74, 6) is 0.254. The van der Waals surface area contributed by atoms with Crippen LogP contribution in [0.3, 0.4) is 0 Å². The number of ether oxygens (including phenoxy) is 2. The van der Waals surface area contributed by atoms with Crippen LogP contribution in [0.2, 0.25) is 0 Å². The van der Waals surface area contributed by atoms with Crippen LogP contribution in [-0.4, -0.2) is 53.5 Å². The van der Waals surface area contributed by atoms with Gasteiger partial charge in [0.15, 0.2) is 18.2 Å². The minimum Gasteiger partial charge on any atom is -0.496 e. The van der Waals surface area contributed by atoms with Gasteiger partial charge in [0.25, 0.3) is 5.91 Å². The molecule has 1 aromatic heterocycles. The molecule has 1 heterocycles. The van der Waals surface area contributed by atoms with Gasteiger partial charge in [-0.05, 0) is 44.2 Å². The number of halogens is 1. The second-order valence-corrected chi connectivity index (χ2v) is 8.40. The van der Waals surface area contributed by atoms with Crippen LogP contribution in [0.25, 0.3) is 0 Å². The molecule has 0 fully saturated rings. The molecule has 0 atom stereocenters. The van der Waals surface area contributed by atoms with Crippen LogP contribution in [0.15, 0.2) is 48.7 Å². The summed E-state index contributed by atoms with van der Waals surface area (Å²) < 4.78 is 25.5. The van der Waals surface area contributed by atoms with E-state index in [-0.39, 0.29) is 36.2 Å². The number of rotatable bonds is 11. The third-order valence-corrected chi connectivity index (χ3v) is 5.39. The predicted octanol–water partition coefficient (Wildman–Crippen LogP) is 3.99. The van der Waals surface area contributed by atoms with E-state index in [4.69, 9.17) is 9.47 Å². The molecule has 0 unspecified atom stereocenters. The Balaban J connectivity index is 1.79. The van der Waals surface area contributed by atoms with Crippen molar-refractivity contribution in [1.82, 2.24) is 20.2 Å². The van der Waals surface area contributed by atoms with Crippen molar-refractivity contribution < 1.29 is 23.5 Å². The predicted molar refractivity (Wildman–Crippen MR) is 139 cm³/mol. The highest BCUT2D eigenvalue weighted by molar-refractivity contribution is 5.77. The summed E-state index contributed by atoms with van der Waals surface area (Å²) in [6.45, 7) is 5.60. The van der Waals surface area contributed by atoms with E-state index in [9.17, 15) is 14.0 Å². The van der Waals surface area contributed by atoms with E-state index in [0.717, 1.165) is 11.8 Å². The van der Waals surface area contributed by atoms with Crippen LogP contribution in [0.1, 0.15) is 26.3 Å². The van der Waals surface area contributed by atoms with Crippen molar-refractivity contribution in [3.05, 3.63) is 60.0 Å². The molecule has 196 valence electrons. The summed E-state index contributed by atoms with van der Waals surface area (Å²) in [4.78, 5) is 33.5. The number of hydrogen-bond acceptors (Lipinski definition) is 8. The smallest absolute Gasteiger partial charge is 0.257 e. The van der Waals surface area contributed by atoms with Crippen LogP contribution in [0, 0.1) is 5.82 Å². The average molecular weight is 511 g/mol. The number of aromatic nitrogens is 2. The van der Waals surface area contributed by atoms with Gasteiger partial charge < -0.3 is 30.3 Å². The molecule has 0 radical (unpaired) electrons. The number of hydrogen-bond donors (Lipinski definition) is 3. The van der Waals surface area contributed by atoms with Crippen molar-refractivity contribution in [1.29, 1.82) is 0 Å². The normalized spacial score (nSPS) is 10.6. The van der Waals surface area contributed by atoms with Gasteiger partial charge in [-0.3, -0.25) is 9.59 Å². The number of carbonyl (C=O) groups is 2. The van der Waals surface area contributed by atoms with Crippen LogP contribution < -0.4 is 25.4 Å². The van der Waals surface area contributed by atoms with E-state index in [0.29, 0.717) is 29.4 Å². The van der Waals surface area contributed by atoms with Gasteiger partial charge in [0.05, 0.1) is 13.3 Å². The minimum absolute atomic E-state index is 0.000495. The Kier molecular flexibility index (Phi) is 9.20. The van der Waals surface area contributed by atoms with E-state index in [1.54, 1.807) is 54.5 Å². The Labute approximate surface area is 215 Å². The highest BCUT2D eigenvalue weighted by atomic mass is 19.1. The molecule has 0 aliphatic rings. The minimum atomic E-state index is -0.641. The van der Waals surface area contributed by atoms with Crippen molar-refractivity contribution in [3.8, 4) is 11.5 Å². The van der Waals surface area contributed by atoms with Crippen molar-refractivity contribution in [2.45, 2.75) is 33.4 Å². The van der Waals surface area contributed by atoms with Crippen LogP contribution in [0.4, 0.5) is 27.5 Å². The number of benzene rings is 2. The summed E-state index contributed by atoms with van der Waals surface area (Å²) in [6, 6.07) is 12.2. The molecule has 10 nitrogen and oxygen atoms in total. The first-order chi connectivity index (χ1) is 17.7. The standard InChI is InChI=1S/C26H31FN6O4/c1-16(2)33(17(3)34)14-18-11-20(9-10-23(18)36-5)30-25-22(27)13-29-26(32-25)31-19-7-6-8-21(12-19)37-15-24(35)28-4/h6-13,16H,14-15H2,1-5H3,(H,28,35)(H2,29,30,31,32). The lowest BCUT2D eigenvalue weighted by Gasteiger charge is -2.26. The quantitative estimate of drug-likeness (QED) is 0.354. The number of nitrogens with zero attached hydrogens (tertiary/aromatic N) is 3. The molecule has 0 aliphatic heterocycles. The Bertz CT molecular complexity index is 1250. The number of carbonyl (C=O) groups excluding carboxylic acids is 2. The van der Waals surface area contributed by atoms with Crippen molar-refractivity contribution in [2.24, 2.45) is 0 Å². The highest BCUT2D eigenvalue weighted by Crippen LogP contribution is 2.28. The van der Waals surface area contributed by atoms with Crippen molar-refractivity contribution >= 4 is 35.0 Å². The van der Waals surface area contributed by atoms with E-state index in [1.807, 2.05) is 13.8 Å². The molecule has 0 spiro atoms. The molecule has 0 aliphatic carbocycles. The Hall–Kier alpha value is -4.41. The molecule has 2 amide bonds. The van der Waals surface area contributed by atoms with E-state index >= 15 is 0 Å². The zero-order chi connectivity index (χ0) is 26.9. The molecule has 37 heavy (non-hydrogen) atoms. The number of methoxy groups -OCH3 is 1. The molecular formula is C26H31FN6O4. The van der Waals surface area contributed by atoms with Crippen molar-refractivity contribution in [3.63, 3.8) is 0 Å². The fourth-order valence-electron chi connectivity index (χ4n) is 3.49.